The minimum Gasteiger partial charge on any atom is -0.307 e. The number of likely N-dealkylation sites (tertiary alicyclic amines) is 1. The van der Waals surface area contributed by atoms with Crippen molar-refractivity contribution < 1.29 is 4.79 Å². The molecule has 0 bridgehead atoms. The van der Waals surface area contributed by atoms with Gasteiger partial charge < -0.3 is 10.2 Å². The molecule has 0 unspecified atom stereocenters. The van der Waals surface area contributed by atoms with E-state index in [2.05, 4.69) is 27.0 Å². The number of carbonyl (C=O) groups excluding carboxylic acids is 1. The Hall–Kier alpha value is -1.20. The summed E-state index contributed by atoms with van der Waals surface area (Å²) in [5.41, 5.74) is 2.96. The van der Waals surface area contributed by atoms with Gasteiger partial charge in [0.1, 0.15) is 5.69 Å². The lowest BCUT2D eigenvalue weighted by Crippen LogP contribution is -2.32. The molecule has 17 heavy (non-hydrogen) atoms. The van der Waals surface area contributed by atoms with Crippen molar-refractivity contribution in [2.45, 2.75) is 32.0 Å². The van der Waals surface area contributed by atoms with Crippen LogP contribution in [0.4, 0.5) is 0 Å². The van der Waals surface area contributed by atoms with Crippen LogP contribution < -0.4 is 5.32 Å². The molecule has 0 amide bonds. The van der Waals surface area contributed by atoms with Crippen molar-refractivity contribution >= 4 is 6.29 Å². The Balaban J connectivity index is 1.90. The van der Waals surface area contributed by atoms with Gasteiger partial charge in [0.05, 0.1) is 11.7 Å². The lowest BCUT2D eigenvalue weighted by atomic mass is 10.1. The third-order valence-corrected chi connectivity index (χ3v) is 3.89. The largest absolute Gasteiger partial charge is 0.307 e. The smallest absolute Gasteiger partial charge is 0.170 e. The fourth-order valence-corrected chi connectivity index (χ4v) is 2.85. The highest BCUT2D eigenvalue weighted by Gasteiger charge is 2.27. The van der Waals surface area contributed by atoms with Crippen LogP contribution in [0.5, 0.6) is 0 Å². The number of piperidine rings is 1. The van der Waals surface area contributed by atoms with Gasteiger partial charge in [-0.05, 0) is 33.0 Å². The minimum atomic E-state index is 0.466. The van der Waals surface area contributed by atoms with Gasteiger partial charge in [-0.25, -0.2) is 0 Å². The first-order valence-corrected chi connectivity index (χ1v) is 6.24. The molecule has 0 saturated carbocycles. The van der Waals surface area contributed by atoms with Crippen LogP contribution in [0.15, 0.2) is 0 Å². The van der Waals surface area contributed by atoms with Crippen molar-refractivity contribution in [1.29, 1.82) is 0 Å². The summed E-state index contributed by atoms with van der Waals surface area (Å²) in [7, 11) is 2.15. The van der Waals surface area contributed by atoms with Crippen molar-refractivity contribution in [3.05, 3.63) is 17.0 Å². The van der Waals surface area contributed by atoms with E-state index < -0.39 is 0 Å². The summed E-state index contributed by atoms with van der Waals surface area (Å²) in [5.74, 6) is 0. The highest BCUT2D eigenvalue weighted by molar-refractivity contribution is 5.75. The number of aldehydes is 1. The maximum absolute atomic E-state index is 11.0. The number of rotatable bonds is 2. The molecule has 3 rings (SSSR count). The van der Waals surface area contributed by atoms with Gasteiger partial charge in [0, 0.05) is 18.7 Å². The lowest BCUT2D eigenvalue weighted by molar-refractivity contribution is 0.111. The van der Waals surface area contributed by atoms with E-state index in [-0.39, 0.29) is 0 Å². The highest BCUT2D eigenvalue weighted by atomic mass is 16.1. The second kappa shape index (κ2) is 4.23. The van der Waals surface area contributed by atoms with E-state index in [1.54, 1.807) is 0 Å². The average Bonchev–Trinajstić information content (AvgIpc) is 2.91. The summed E-state index contributed by atoms with van der Waals surface area (Å²) in [6, 6.07) is 0.466. The second-order valence-electron chi connectivity index (χ2n) is 5.01. The molecule has 0 spiro atoms. The number of hydrogen-bond donors (Lipinski definition) is 1. The Morgan fingerprint density at radius 2 is 2.12 bits per heavy atom. The van der Waals surface area contributed by atoms with Crippen LogP contribution in [0.3, 0.4) is 0 Å². The molecule has 1 N–H and O–H groups in total. The molecule has 2 aliphatic heterocycles. The predicted octanol–water partition coefficient (Wildman–Crippen LogP) is 0.565. The molecule has 5 nitrogen and oxygen atoms in total. The Bertz CT molecular complexity index is 432. The molecule has 0 aliphatic carbocycles. The number of hydrogen-bond acceptors (Lipinski definition) is 4. The van der Waals surface area contributed by atoms with Gasteiger partial charge in [0.2, 0.25) is 0 Å². The Labute approximate surface area is 101 Å². The monoisotopic (exact) mass is 234 g/mol. The van der Waals surface area contributed by atoms with E-state index in [1.807, 2.05) is 0 Å². The molecular formula is C12H18N4O. The van der Waals surface area contributed by atoms with E-state index in [0.717, 1.165) is 50.9 Å². The van der Waals surface area contributed by atoms with Gasteiger partial charge in [-0.15, -0.1) is 0 Å². The van der Waals surface area contributed by atoms with E-state index in [9.17, 15) is 4.79 Å². The summed E-state index contributed by atoms with van der Waals surface area (Å²) >= 11 is 0. The molecule has 3 heterocycles. The molecule has 0 radical (unpaired) electrons. The summed E-state index contributed by atoms with van der Waals surface area (Å²) in [5, 5.41) is 7.79. The zero-order chi connectivity index (χ0) is 11.8. The number of nitrogens with zero attached hydrogens (tertiary/aromatic N) is 3. The van der Waals surface area contributed by atoms with Crippen LogP contribution in [0.25, 0.3) is 0 Å². The Morgan fingerprint density at radius 1 is 1.35 bits per heavy atom. The third-order valence-electron chi connectivity index (χ3n) is 3.89. The number of carbonyl (C=O) groups is 1. The zero-order valence-corrected chi connectivity index (χ0v) is 10.1. The van der Waals surface area contributed by atoms with Crippen LogP contribution in [0.2, 0.25) is 0 Å². The van der Waals surface area contributed by atoms with Crippen LogP contribution in [-0.4, -0.2) is 41.1 Å². The number of aromatic nitrogens is 2. The highest BCUT2D eigenvalue weighted by Crippen LogP contribution is 2.27. The minimum absolute atomic E-state index is 0.466. The number of fused-ring (bicyclic) bond motifs is 1. The van der Waals surface area contributed by atoms with E-state index in [4.69, 9.17) is 0 Å². The van der Waals surface area contributed by atoms with E-state index in [1.165, 1.54) is 5.69 Å². The SMILES string of the molecule is CN1CCC(n2nc(C=O)c3c2CNC3)CC1. The Morgan fingerprint density at radius 3 is 2.82 bits per heavy atom. The molecule has 0 aromatic carbocycles. The van der Waals surface area contributed by atoms with Crippen molar-refractivity contribution in [1.82, 2.24) is 20.0 Å². The summed E-state index contributed by atoms with van der Waals surface area (Å²) < 4.78 is 2.10. The van der Waals surface area contributed by atoms with E-state index in [0.29, 0.717) is 11.7 Å². The topological polar surface area (TPSA) is 50.2 Å². The first-order chi connectivity index (χ1) is 8.29. The molecule has 1 saturated heterocycles. The summed E-state index contributed by atoms with van der Waals surface area (Å²) in [6.45, 7) is 3.87. The second-order valence-corrected chi connectivity index (χ2v) is 5.01. The molecule has 1 aromatic rings. The molecule has 2 aliphatic rings. The van der Waals surface area contributed by atoms with Gasteiger partial charge >= 0.3 is 0 Å². The van der Waals surface area contributed by atoms with Gasteiger partial charge in [-0.2, -0.15) is 5.10 Å². The molecule has 0 atom stereocenters. The molecule has 5 heteroatoms. The van der Waals surface area contributed by atoms with Gasteiger partial charge in [0.15, 0.2) is 6.29 Å². The summed E-state index contributed by atoms with van der Waals surface area (Å²) in [6.07, 6.45) is 3.14. The molecule has 92 valence electrons. The quantitative estimate of drug-likeness (QED) is 0.760. The van der Waals surface area contributed by atoms with Crippen LogP contribution in [0.1, 0.15) is 40.6 Å². The van der Waals surface area contributed by atoms with Gasteiger partial charge in [-0.3, -0.25) is 9.48 Å². The molecule has 1 fully saturated rings. The third kappa shape index (κ3) is 1.79. The van der Waals surface area contributed by atoms with Gasteiger partial charge in [0.25, 0.3) is 0 Å². The van der Waals surface area contributed by atoms with Crippen LogP contribution >= 0.6 is 0 Å². The van der Waals surface area contributed by atoms with Gasteiger partial charge in [-0.1, -0.05) is 0 Å². The number of nitrogens with one attached hydrogen (secondary N) is 1. The van der Waals surface area contributed by atoms with Crippen molar-refractivity contribution in [2.75, 3.05) is 20.1 Å². The van der Waals surface area contributed by atoms with Crippen molar-refractivity contribution in [3.63, 3.8) is 0 Å². The van der Waals surface area contributed by atoms with E-state index >= 15 is 0 Å². The fraction of sp³-hybridized carbons (Fsp3) is 0.667. The first-order valence-electron chi connectivity index (χ1n) is 6.24. The lowest BCUT2D eigenvalue weighted by Gasteiger charge is -2.29. The average molecular weight is 234 g/mol. The summed E-state index contributed by atoms with van der Waals surface area (Å²) in [4.78, 5) is 13.3. The Kier molecular flexibility index (Phi) is 2.72. The molecule has 1 aromatic heterocycles. The standard InChI is InChI=1S/C12H18N4O/c1-15-4-2-9(3-5-15)16-12-7-13-6-10(12)11(8-17)14-16/h8-9,13H,2-7H2,1H3. The first kappa shape index (κ1) is 10.9. The zero-order valence-electron chi connectivity index (χ0n) is 10.1. The maximum Gasteiger partial charge on any atom is 0.170 e. The van der Waals surface area contributed by atoms with Crippen LogP contribution in [0, 0.1) is 0 Å². The fourth-order valence-electron chi connectivity index (χ4n) is 2.85. The van der Waals surface area contributed by atoms with Crippen molar-refractivity contribution in [2.24, 2.45) is 0 Å². The van der Waals surface area contributed by atoms with Crippen LogP contribution in [-0.2, 0) is 13.1 Å². The normalized spacial score (nSPS) is 21.7. The predicted molar refractivity (Wildman–Crippen MR) is 63.9 cm³/mol. The molecular weight excluding hydrogens is 216 g/mol. The maximum atomic E-state index is 11.0. The van der Waals surface area contributed by atoms with Crippen molar-refractivity contribution in [3.8, 4) is 0 Å².